The molecule has 102 valence electrons. The van der Waals surface area contributed by atoms with E-state index >= 15 is 0 Å². The lowest BCUT2D eigenvalue weighted by molar-refractivity contribution is 0.380. The summed E-state index contributed by atoms with van der Waals surface area (Å²) in [6.07, 6.45) is 3.66. The molecule has 1 aromatic heterocycles. The first-order valence-electron chi connectivity index (χ1n) is 6.20. The van der Waals surface area contributed by atoms with Crippen LogP contribution in [0, 0.1) is 0 Å². The molecule has 0 aliphatic carbocycles. The van der Waals surface area contributed by atoms with E-state index in [4.69, 9.17) is 15.2 Å². The molecule has 2 rings (SSSR count). The summed E-state index contributed by atoms with van der Waals surface area (Å²) in [5.74, 6) is 2.21. The molecule has 0 radical (unpaired) electrons. The molecule has 19 heavy (non-hydrogen) atoms. The number of nitrogens with two attached hydrogens (primary N) is 1. The van der Waals surface area contributed by atoms with Gasteiger partial charge < -0.3 is 19.8 Å². The van der Waals surface area contributed by atoms with Crippen LogP contribution >= 0.6 is 0 Å². The fourth-order valence-electron chi connectivity index (χ4n) is 2.18. The second kappa shape index (κ2) is 5.75. The van der Waals surface area contributed by atoms with Crippen molar-refractivity contribution in [3.05, 3.63) is 42.0 Å². The summed E-state index contributed by atoms with van der Waals surface area (Å²) in [5.41, 5.74) is 7.16. The third-order valence-electron chi connectivity index (χ3n) is 3.14. The molecule has 1 unspecified atom stereocenters. The van der Waals surface area contributed by atoms with Crippen LogP contribution < -0.4 is 15.2 Å². The van der Waals surface area contributed by atoms with Crippen LogP contribution in [0.2, 0.25) is 0 Å². The van der Waals surface area contributed by atoms with Gasteiger partial charge in [-0.2, -0.15) is 0 Å². The Labute approximate surface area is 113 Å². The van der Waals surface area contributed by atoms with Gasteiger partial charge in [-0.3, -0.25) is 0 Å². The Morgan fingerprint density at radius 2 is 1.89 bits per heavy atom. The Morgan fingerprint density at radius 3 is 2.42 bits per heavy atom. The summed E-state index contributed by atoms with van der Waals surface area (Å²) in [7, 11) is 3.24. The van der Waals surface area contributed by atoms with Crippen LogP contribution in [-0.4, -0.2) is 23.8 Å². The fourth-order valence-corrected chi connectivity index (χ4v) is 2.18. The predicted octanol–water partition coefficient (Wildman–Crippen LogP) is 1.97. The molecule has 5 nitrogen and oxygen atoms in total. The number of hydrogen-bond donors (Lipinski definition) is 1. The van der Waals surface area contributed by atoms with Crippen LogP contribution in [-0.2, 0) is 6.54 Å². The molecule has 0 aliphatic heterocycles. The molecule has 0 aliphatic rings. The number of hydrogen-bond acceptors (Lipinski definition) is 4. The van der Waals surface area contributed by atoms with Crippen molar-refractivity contribution in [1.82, 2.24) is 9.55 Å². The van der Waals surface area contributed by atoms with Gasteiger partial charge in [-0.1, -0.05) is 6.07 Å². The monoisotopic (exact) mass is 261 g/mol. The standard InChI is InChI=1S/C14H19N3O2/c1-4-17-9-8-16-14(17)13(15)12-10(18-2)6-5-7-11(12)19-3/h5-9,13H,4,15H2,1-3H3. The Hall–Kier alpha value is -2.01. The first-order valence-corrected chi connectivity index (χ1v) is 6.20. The van der Waals surface area contributed by atoms with Gasteiger partial charge in [0.15, 0.2) is 0 Å². The highest BCUT2D eigenvalue weighted by molar-refractivity contribution is 5.48. The van der Waals surface area contributed by atoms with Gasteiger partial charge in [-0.05, 0) is 19.1 Å². The number of methoxy groups -OCH3 is 2. The van der Waals surface area contributed by atoms with E-state index in [1.54, 1.807) is 20.4 Å². The highest BCUT2D eigenvalue weighted by atomic mass is 16.5. The third kappa shape index (κ3) is 2.42. The minimum atomic E-state index is -0.388. The molecular weight excluding hydrogens is 242 g/mol. The summed E-state index contributed by atoms with van der Waals surface area (Å²) < 4.78 is 12.8. The van der Waals surface area contributed by atoms with E-state index < -0.39 is 0 Å². The molecule has 1 aromatic carbocycles. The number of ether oxygens (including phenoxy) is 2. The summed E-state index contributed by atoms with van der Waals surface area (Å²) in [6, 6.07) is 5.23. The smallest absolute Gasteiger partial charge is 0.130 e. The molecular formula is C14H19N3O2. The van der Waals surface area contributed by atoms with Crippen LogP contribution in [0.5, 0.6) is 11.5 Å². The minimum absolute atomic E-state index is 0.388. The van der Waals surface area contributed by atoms with Crippen molar-refractivity contribution >= 4 is 0 Å². The largest absolute Gasteiger partial charge is 0.496 e. The number of benzene rings is 1. The first-order chi connectivity index (χ1) is 9.22. The van der Waals surface area contributed by atoms with Crippen molar-refractivity contribution in [2.75, 3.05) is 14.2 Å². The van der Waals surface area contributed by atoms with Crippen molar-refractivity contribution in [3.8, 4) is 11.5 Å². The summed E-state index contributed by atoms with van der Waals surface area (Å²) in [6.45, 7) is 2.87. The zero-order valence-corrected chi connectivity index (χ0v) is 11.5. The molecule has 0 amide bonds. The van der Waals surface area contributed by atoms with E-state index in [2.05, 4.69) is 11.9 Å². The average molecular weight is 261 g/mol. The number of imidazole rings is 1. The average Bonchev–Trinajstić information content (AvgIpc) is 2.93. The maximum Gasteiger partial charge on any atom is 0.130 e. The van der Waals surface area contributed by atoms with Gasteiger partial charge in [0.05, 0.1) is 25.8 Å². The highest BCUT2D eigenvalue weighted by Crippen LogP contribution is 2.35. The van der Waals surface area contributed by atoms with Crippen molar-refractivity contribution in [1.29, 1.82) is 0 Å². The van der Waals surface area contributed by atoms with Gasteiger partial charge in [0, 0.05) is 18.9 Å². The lowest BCUT2D eigenvalue weighted by atomic mass is 10.0. The quantitative estimate of drug-likeness (QED) is 0.893. The van der Waals surface area contributed by atoms with Crippen LogP contribution in [0.1, 0.15) is 24.4 Å². The molecule has 5 heteroatoms. The van der Waals surface area contributed by atoms with Crippen molar-refractivity contribution in [2.24, 2.45) is 5.73 Å². The maximum absolute atomic E-state index is 6.35. The molecule has 2 N–H and O–H groups in total. The van der Waals surface area contributed by atoms with E-state index in [0.29, 0.717) is 11.5 Å². The molecule has 2 aromatic rings. The van der Waals surface area contributed by atoms with E-state index in [9.17, 15) is 0 Å². The maximum atomic E-state index is 6.35. The minimum Gasteiger partial charge on any atom is -0.496 e. The molecule has 0 spiro atoms. The number of nitrogens with zero attached hydrogens (tertiary/aromatic N) is 2. The van der Waals surface area contributed by atoms with E-state index in [0.717, 1.165) is 17.9 Å². The highest BCUT2D eigenvalue weighted by Gasteiger charge is 2.22. The number of rotatable bonds is 5. The number of aromatic nitrogens is 2. The zero-order chi connectivity index (χ0) is 13.8. The van der Waals surface area contributed by atoms with Gasteiger partial charge in [0.1, 0.15) is 17.3 Å². The molecule has 0 fully saturated rings. The molecule has 1 atom stereocenters. The Morgan fingerprint density at radius 1 is 1.26 bits per heavy atom. The Bertz CT molecular complexity index is 529. The van der Waals surface area contributed by atoms with Gasteiger partial charge in [-0.25, -0.2) is 4.98 Å². The molecule has 1 heterocycles. The first kappa shape index (κ1) is 13.4. The zero-order valence-electron chi connectivity index (χ0n) is 11.5. The van der Waals surface area contributed by atoms with Gasteiger partial charge >= 0.3 is 0 Å². The van der Waals surface area contributed by atoms with Crippen molar-refractivity contribution in [3.63, 3.8) is 0 Å². The van der Waals surface area contributed by atoms with Crippen LogP contribution in [0.25, 0.3) is 0 Å². The molecule has 0 saturated carbocycles. The Balaban J connectivity index is 2.51. The van der Waals surface area contributed by atoms with Crippen LogP contribution in [0.4, 0.5) is 0 Å². The van der Waals surface area contributed by atoms with Crippen molar-refractivity contribution in [2.45, 2.75) is 19.5 Å². The summed E-state index contributed by atoms with van der Waals surface area (Å²) in [4.78, 5) is 4.34. The summed E-state index contributed by atoms with van der Waals surface area (Å²) in [5, 5.41) is 0. The predicted molar refractivity (Wildman–Crippen MR) is 73.5 cm³/mol. The second-order valence-electron chi connectivity index (χ2n) is 4.13. The topological polar surface area (TPSA) is 62.3 Å². The van der Waals surface area contributed by atoms with Gasteiger partial charge in [0.25, 0.3) is 0 Å². The van der Waals surface area contributed by atoms with Gasteiger partial charge in [-0.15, -0.1) is 0 Å². The molecule has 0 saturated heterocycles. The lowest BCUT2D eigenvalue weighted by Gasteiger charge is -2.19. The summed E-state index contributed by atoms with van der Waals surface area (Å²) >= 11 is 0. The SMILES string of the molecule is CCn1ccnc1C(N)c1c(OC)cccc1OC. The van der Waals surface area contributed by atoms with Gasteiger partial charge in [0.2, 0.25) is 0 Å². The third-order valence-corrected chi connectivity index (χ3v) is 3.14. The van der Waals surface area contributed by atoms with Crippen molar-refractivity contribution < 1.29 is 9.47 Å². The van der Waals surface area contributed by atoms with E-state index in [-0.39, 0.29) is 6.04 Å². The number of aryl methyl sites for hydroxylation is 1. The van der Waals surface area contributed by atoms with E-state index in [1.807, 2.05) is 29.0 Å². The van der Waals surface area contributed by atoms with E-state index in [1.165, 1.54) is 0 Å². The Kier molecular flexibility index (Phi) is 4.06. The second-order valence-corrected chi connectivity index (χ2v) is 4.13. The molecule has 0 bridgehead atoms. The normalized spacial score (nSPS) is 12.2. The lowest BCUT2D eigenvalue weighted by Crippen LogP contribution is -2.19. The van der Waals surface area contributed by atoms with Crippen LogP contribution in [0.3, 0.4) is 0 Å². The van der Waals surface area contributed by atoms with Crippen LogP contribution in [0.15, 0.2) is 30.6 Å². The fraction of sp³-hybridized carbons (Fsp3) is 0.357.